The first kappa shape index (κ1) is 14.3. The zero-order chi connectivity index (χ0) is 15.4. The van der Waals surface area contributed by atoms with Crippen molar-refractivity contribution in [2.45, 2.75) is 6.61 Å². The number of aromatic carboxylic acids is 1. The summed E-state index contributed by atoms with van der Waals surface area (Å²) in [5.74, 6) is -1.66. The van der Waals surface area contributed by atoms with Crippen molar-refractivity contribution in [1.29, 1.82) is 5.26 Å². The van der Waals surface area contributed by atoms with Crippen LogP contribution < -0.4 is 10.5 Å². The summed E-state index contributed by atoms with van der Waals surface area (Å²) in [6.45, 7) is -0.135. The monoisotopic (exact) mass is 286 g/mol. The van der Waals surface area contributed by atoms with E-state index in [1.165, 1.54) is 30.3 Å². The average Bonchev–Trinajstić information content (AvgIpc) is 2.44. The standard InChI is InChI=1S/C15H11FN2O3/c16-11-5-4-9(7-17)10(6-11)8-21-13-3-1-2-12(18)14(13)15(19)20/h1-6H,8,18H2,(H,19,20). The lowest BCUT2D eigenvalue weighted by Gasteiger charge is -2.11. The molecule has 21 heavy (non-hydrogen) atoms. The van der Waals surface area contributed by atoms with Crippen LogP contribution in [0.2, 0.25) is 0 Å². The van der Waals surface area contributed by atoms with Crippen LogP contribution in [0.4, 0.5) is 10.1 Å². The van der Waals surface area contributed by atoms with E-state index in [0.717, 1.165) is 0 Å². The molecule has 0 fully saturated rings. The molecule has 0 saturated carbocycles. The molecule has 0 spiro atoms. The zero-order valence-electron chi connectivity index (χ0n) is 10.8. The van der Waals surface area contributed by atoms with Crippen molar-refractivity contribution in [2.24, 2.45) is 0 Å². The molecule has 2 rings (SSSR count). The minimum atomic E-state index is -1.22. The smallest absolute Gasteiger partial charge is 0.341 e. The Morgan fingerprint density at radius 2 is 2.14 bits per heavy atom. The van der Waals surface area contributed by atoms with Gasteiger partial charge in [0.15, 0.2) is 0 Å². The Bertz CT molecular complexity index is 738. The molecule has 0 unspecified atom stereocenters. The van der Waals surface area contributed by atoms with Gasteiger partial charge in [-0.05, 0) is 30.3 Å². The number of hydrogen-bond donors (Lipinski definition) is 2. The van der Waals surface area contributed by atoms with Gasteiger partial charge in [0, 0.05) is 11.3 Å². The third-order valence-electron chi connectivity index (χ3n) is 2.84. The molecule has 0 saturated heterocycles. The maximum absolute atomic E-state index is 13.2. The lowest BCUT2D eigenvalue weighted by atomic mass is 10.1. The fraction of sp³-hybridized carbons (Fsp3) is 0.0667. The average molecular weight is 286 g/mol. The maximum atomic E-state index is 13.2. The van der Waals surface area contributed by atoms with Gasteiger partial charge in [0.2, 0.25) is 0 Å². The van der Waals surface area contributed by atoms with Crippen molar-refractivity contribution in [3.05, 3.63) is 58.9 Å². The molecule has 0 amide bonds. The lowest BCUT2D eigenvalue weighted by Crippen LogP contribution is -2.07. The number of nitriles is 1. The van der Waals surface area contributed by atoms with Crippen molar-refractivity contribution in [3.63, 3.8) is 0 Å². The van der Waals surface area contributed by atoms with Crippen LogP contribution in [-0.4, -0.2) is 11.1 Å². The zero-order valence-corrected chi connectivity index (χ0v) is 10.8. The molecule has 0 aliphatic carbocycles. The number of anilines is 1. The van der Waals surface area contributed by atoms with Crippen molar-refractivity contribution < 1.29 is 19.0 Å². The SMILES string of the molecule is N#Cc1ccc(F)cc1COc1cccc(N)c1C(=O)O. The molecular weight excluding hydrogens is 275 g/mol. The van der Waals surface area contributed by atoms with E-state index in [2.05, 4.69) is 0 Å². The van der Waals surface area contributed by atoms with Crippen LogP contribution in [-0.2, 0) is 6.61 Å². The van der Waals surface area contributed by atoms with Crippen LogP contribution in [0.3, 0.4) is 0 Å². The van der Waals surface area contributed by atoms with Gasteiger partial charge in [-0.2, -0.15) is 5.26 Å². The topological polar surface area (TPSA) is 96.3 Å². The first-order valence-electron chi connectivity index (χ1n) is 5.96. The quantitative estimate of drug-likeness (QED) is 0.842. The molecule has 106 valence electrons. The predicted molar refractivity (Wildman–Crippen MR) is 73.3 cm³/mol. The number of hydrogen-bond acceptors (Lipinski definition) is 4. The van der Waals surface area contributed by atoms with E-state index in [1.54, 1.807) is 6.07 Å². The number of carboxylic acids is 1. The van der Waals surface area contributed by atoms with E-state index in [9.17, 15) is 9.18 Å². The van der Waals surface area contributed by atoms with Crippen LogP contribution in [0.5, 0.6) is 5.75 Å². The maximum Gasteiger partial charge on any atom is 0.341 e. The summed E-state index contributed by atoms with van der Waals surface area (Å²) in [6.07, 6.45) is 0. The molecule has 2 aromatic rings. The third-order valence-corrected chi connectivity index (χ3v) is 2.84. The Balaban J connectivity index is 2.29. The Hall–Kier alpha value is -3.07. The number of ether oxygens (including phenoxy) is 1. The number of rotatable bonds is 4. The Labute approximate surface area is 120 Å². The first-order valence-corrected chi connectivity index (χ1v) is 5.96. The van der Waals surface area contributed by atoms with Crippen LogP contribution in [0.1, 0.15) is 21.5 Å². The van der Waals surface area contributed by atoms with Crippen molar-refractivity contribution >= 4 is 11.7 Å². The fourth-order valence-electron chi connectivity index (χ4n) is 1.84. The highest BCUT2D eigenvalue weighted by Crippen LogP contribution is 2.25. The first-order chi connectivity index (χ1) is 10.0. The molecule has 0 bridgehead atoms. The van der Waals surface area contributed by atoms with Crippen molar-refractivity contribution in [1.82, 2.24) is 0 Å². The van der Waals surface area contributed by atoms with Gasteiger partial charge in [0.25, 0.3) is 0 Å². The number of nitrogen functional groups attached to an aromatic ring is 1. The normalized spacial score (nSPS) is 9.90. The summed E-state index contributed by atoms with van der Waals surface area (Å²) in [4.78, 5) is 11.2. The largest absolute Gasteiger partial charge is 0.488 e. The summed E-state index contributed by atoms with van der Waals surface area (Å²) in [5.41, 5.74) is 6.10. The Morgan fingerprint density at radius 1 is 1.38 bits per heavy atom. The number of nitrogens with zero attached hydrogens (tertiary/aromatic N) is 1. The molecule has 0 radical (unpaired) electrons. The van der Waals surface area contributed by atoms with Gasteiger partial charge in [-0.1, -0.05) is 6.07 Å². The van der Waals surface area contributed by atoms with Crippen LogP contribution in [0.25, 0.3) is 0 Å². The molecular formula is C15H11FN2O3. The number of halogens is 1. The summed E-state index contributed by atoms with van der Waals surface area (Å²) < 4.78 is 18.6. The molecule has 5 nitrogen and oxygen atoms in total. The minimum Gasteiger partial charge on any atom is -0.488 e. The van der Waals surface area contributed by atoms with E-state index >= 15 is 0 Å². The van der Waals surface area contributed by atoms with Gasteiger partial charge in [-0.3, -0.25) is 0 Å². The number of carbonyl (C=O) groups is 1. The van der Waals surface area contributed by atoms with Gasteiger partial charge in [-0.15, -0.1) is 0 Å². The lowest BCUT2D eigenvalue weighted by molar-refractivity contribution is 0.0693. The van der Waals surface area contributed by atoms with Crippen LogP contribution in [0, 0.1) is 17.1 Å². The fourth-order valence-corrected chi connectivity index (χ4v) is 1.84. The second-order valence-electron chi connectivity index (χ2n) is 4.23. The van der Waals surface area contributed by atoms with Crippen LogP contribution in [0.15, 0.2) is 36.4 Å². The third kappa shape index (κ3) is 3.09. The highest BCUT2D eigenvalue weighted by Gasteiger charge is 2.15. The molecule has 0 aromatic heterocycles. The number of benzene rings is 2. The summed E-state index contributed by atoms with van der Waals surface area (Å²) in [6, 6.07) is 10.0. The van der Waals surface area contributed by atoms with E-state index in [4.69, 9.17) is 20.8 Å². The van der Waals surface area contributed by atoms with Crippen molar-refractivity contribution in [2.75, 3.05) is 5.73 Å². The highest BCUT2D eigenvalue weighted by molar-refractivity contribution is 5.96. The molecule has 2 aromatic carbocycles. The van der Waals surface area contributed by atoms with E-state index in [1.807, 2.05) is 6.07 Å². The summed E-state index contributed by atoms with van der Waals surface area (Å²) in [7, 11) is 0. The van der Waals surface area contributed by atoms with Gasteiger partial charge >= 0.3 is 5.97 Å². The highest BCUT2D eigenvalue weighted by atomic mass is 19.1. The summed E-state index contributed by atoms with van der Waals surface area (Å²) >= 11 is 0. The van der Waals surface area contributed by atoms with Gasteiger partial charge in [0.05, 0.1) is 11.6 Å². The van der Waals surface area contributed by atoms with E-state index in [0.29, 0.717) is 5.56 Å². The molecule has 0 atom stereocenters. The molecule has 3 N–H and O–H groups in total. The van der Waals surface area contributed by atoms with Gasteiger partial charge < -0.3 is 15.6 Å². The van der Waals surface area contributed by atoms with Gasteiger partial charge in [0.1, 0.15) is 23.7 Å². The van der Waals surface area contributed by atoms with E-state index < -0.39 is 11.8 Å². The molecule has 0 aliphatic heterocycles. The van der Waals surface area contributed by atoms with Crippen molar-refractivity contribution in [3.8, 4) is 11.8 Å². The number of nitrogens with two attached hydrogens (primary N) is 1. The number of carboxylic acid groups (broad SMARTS) is 1. The molecule has 0 heterocycles. The Kier molecular flexibility index (Phi) is 4.05. The predicted octanol–water partition coefficient (Wildman–Crippen LogP) is 2.56. The molecule has 0 aliphatic rings. The van der Waals surface area contributed by atoms with E-state index in [-0.39, 0.29) is 29.2 Å². The van der Waals surface area contributed by atoms with Crippen LogP contribution >= 0.6 is 0 Å². The second kappa shape index (κ2) is 5.92. The summed E-state index contributed by atoms with van der Waals surface area (Å²) in [5, 5.41) is 18.1. The molecule has 6 heteroatoms. The minimum absolute atomic E-state index is 0.0654. The van der Waals surface area contributed by atoms with Gasteiger partial charge in [-0.25, -0.2) is 9.18 Å². The second-order valence-corrected chi connectivity index (χ2v) is 4.23. The Morgan fingerprint density at radius 3 is 2.81 bits per heavy atom.